The summed E-state index contributed by atoms with van der Waals surface area (Å²) in [7, 11) is 1.55. The van der Waals surface area contributed by atoms with Crippen LogP contribution in [0.5, 0.6) is 0 Å². The van der Waals surface area contributed by atoms with Gasteiger partial charge >= 0.3 is 0 Å². The molecule has 3 heterocycles. The summed E-state index contributed by atoms with van der Waals surface area (Å²) in [6, 6.07) is -0.239. The molecule has 168 valence electrons. The lowest BCUT2D eigenvalue weighted by Crippen LogP contribution is -2.50. The minimum Gasteiger partial charge on any atom is -0.382 e. The molecule has 0 saturated carbocycles. The van der Waals surface area contributed by atoms with Crippen molar-refractivity contribution in [3.8, 4) is 10.6 Å². The van der Waals surface area contributed by atoms with Crippen LogP contribution in [0.4, 0.5) is 10.1 Å². The normalized spacial score (nSPS) is 18.3. The van der Waals surface area contributed by atoms with Gasteiger partial charge in [0.25, 0.3) is 5.91 Å². The first-order valence-electron chi connectivity index (χ1n) is 10.2. The van der Waals surface area contributed by atoms with Crippen LogP contribution in [0, 0.1) is 4.91 Å². The Morgan fingerprint density at radius 3 is 2.75 bits per heavy atom. The van der Waals surface area contributed by atoms with Crippen molar-refractivity contribution >= 4 is 22.9 Å². The van der Waals surface area contributed by atoms with Gasteiger partial charge in [0.05, 0.1) is 18.2 Å². The zero-order valence-electron chi connectivity index (χ0n) is 17.7. The fraction of sp³-hybridized carbons (Fsp3) is 0.429. The molecule has 0 spiro atoms. The van der Waals surface area contributed by atoms with Crippen molar-refractivity contribution in [2.45, 2.75) is 38.8 Å². The Balaban J connectivity index is 1.72. The topological polar surface area (TPSA) is 107 Å². The number of allylic oxidation sites excluding steroid dienone is 4. The number of pyridine rings is 1. The molecule has 11 heteroatoms. The monoisotopic (exact) mass is 459 g/mol. The summed E-state index contributed by atoms with van der Waals surface area (Å²) in [6.07, 6.45) is 6.21. The fourth-order valence-electron chi connectivity index (χ4n) is 4.05. The van der Waals surface area contributed by atoms with Crippen LogP contribution >= 0.6 is 11.3 Å². The number of nitroso groups, excluding NO2 is 1. The number of hydrogen-bond donors (Lipinski definition) is 0. The predicted octanol–water partition coefficient (Wildman–Crippen LogP) is 3.37. The first kappa shape index (κ1) is 22.2. The number of methoxy groups -OCH3 is 1. The Morgan fingerprint density at radius 1 is 1.28 bits per heavy atom. The smallest absolute Gasteiger partial charge is 0.273 e. The number of carbonyl (C=O) groups excluding carboxylic acids is 1. The molecule has 4 rings (SSSR count). The van der Waals surface area contributed by atoms with Crippen LogP contribution in [0.2, 0.25) is 0 Å². The van der Waals surface area contributed by atoms with E-state index in [-0.39, 0.29) is 23.1 Å². The van der Waals surface area contributed by atoms with Gasteiger partial charge in [0.15, 0.2) is 10.7 Å². The van der Waals surface area contributed by atoms with Crippen LogP contribution < -0.4 is 5.43 Å². The van der Waals surface area contributed by atoms with E-state index >= 15 is 0 Å². The van der Waals surface area contributed by atoms with Crippen molar-refractivity contribution in [2.24, 2.45) is 5.18 Å². The molecular weight excluding hydrogens is 437 g/mol. The second-order valence-electron chi connectivity index (χ2n) is 7.63. The van der Waals surface area contributed by atoms with Crippen LogP contribution in [-0.2, 0) is 17.7 Å². The highest BCUT2D eigenvalue weighted by Gasteiger charge is 2.35. The number of carbonyl (C=O) groups is 1. The Labute approximate surface area is 187 Å². The van der Waals surface area contributed by atoms with Gasteiger partial charge in [-0.15, -0.1) is 15.1 Å². The van der Waals surface area contributed by atoms with E-state index in [9.17, 15) is 18.9 Å². The standard InChI is InChI=1S/C21H22FN5O4S/c1-3-27-14(11-31-2)9-26-10-15(19(28)17(25-30)18(26)21(27)29)20-24-23-16(32-20)8-12-4-6-13(22)7-5-12/h4,6,10,14H,3,5,7-9,11H2,1-2H3/t14-/m1/s1. The summed E-state index contributed by atoms with van der Waals surface area (Å²) in [5.74, 6) is -0.577. The number of amides is 1. The summed E-state index contributed by atoms with van der Waals surface area (Å²) in [5, 5.41) is 12.2. The summed E-state index contributed by atoms with van der Waals surface area (Å²) >= 11 is 1.23. The van der Waals surface area contributed by atoms with Gasteiger partial charge in [-0.1, -0.05) is 23.0 Å². The maximum Gasteiger partial charge on any atom is 0.273 e. The average molecular weight is 460 g/mol. The van der Waals surface area contributed by atoms with Crippen molar-refractivity contribution in [3.63, 3.8) is 0 Å². The molecular formula is C21H22FN5O4S. The highest BCUT2D eigenvalue weighted by atomic mass is 32.1. The molecule has 0 bridgehead atoms. The van der Waals surface area contributed by atoms with Crippen LogP contribution in [0.3, 0.4) is 0 Å². The molecule has 0 fully saturated rings. The molecule has 32 heavy (non-hydrogen) atoms. The van der Waals surface area contributed by atoms with Crippen LogP contribution in [-0.4, -0.2) is 51.9 Å². The second-order valence-corrected chi connectivity index (χ2v) is 8.69. The van der Waals surface area contributed by atoms with Crippen molar-refractivity contribution in [3.05, 3.63) is 55.6 Å². The molecule has 1 amide bonds. The Kier molecular flexibility index (Phi) is 6.38. The third-order valence-corrected chi connectivity index (χ3v) is 6.58. The third kappa shape index (κ3) is 4.05. The number of likely N-dealkylation sites (N-methyl/N-ethyl adjacent to an activating group) is 1. The summed E-state index contributed by atoms with van der Waals surface area (Å²) in [6.45, 7) is 2.91. The van der Waals surface area contributed by atoms with E-state index in [1.54, 1.807) is 28.8 Å². The van der Waals surface area contributed by atoms with Gasteiger partial charge in [-0.25, -0.2) is 4.39 Å². The molecule has 0 radical (unpaired) electrons. The molecule has 2 aliphatic rings. The number of rotatable bonds is 7. The highest BCUT2D eigenvalue weighted by Crippen LogP contribution is 2.30. The third-order valence-electron chi connectivity index (χ3n) is 5.62. The zero-order valence-corrected chi connectivity index (χ0v) is 18.5. The molecule has 0 aromatic carbocycles. The number of ether oxygens (including phenoxy) is 1. The minimum absolute atomic E-state index is 0.0196. The van der Waals surface area contributed by atoms with Gasteiger partial charge < -0.3 is 14.2 Å². The lowest BCUT2D eigenvalue weighted by molar-refractivity contribution is 0.0430. The number of halogens is 1. The largest absolute Gasteiger partial charge is 0.382 e. The number of fused-ring (bicyclic) bond motifs is 1. The van der Waals surface area contributed by atoms with Crippen molar-refractivity contribution in [1.29, 1.82) is 0 Å². The zero-order chi connectivity index (χ0) is 22.8. The number of aromatic nitrogens is 3. The van der Waals surface area contributed by atoms with Crippen molar-refractivity contribution in [1.82, 2.24) is 19.7 Å². The molecule has 2 aromatic heterocycles. The summed E-state index contributed by atoms with van der Waals surface area (Å²) in [4.78, 5) is 39.2. The van der Waals surface area contributed by atoms with E-state index in [0.717, 1.165) is 5.57 Å². The van der Waals surface area contributed by atoms with Gasteiger partial charge in [0.1, 0.15) is 16.5 Å². The van der Waals surface area contributed by atoms with E-state index in [1.807, 2.05) is 6.92 Å². The lowest BCUT2D eigenvalue weighted by Gasteiger charge is -2.36. The van der Waals surface area contributed by atoms with Gasteiger partial charge in [0, 0.05) is 39.2 Å². The Bertz CT molecular complexity index is 1190. The first-order chi connectivity index (χ1) is 15.5. The molecule has 0 N–H and O–H groups in total. The molecule has 1 aliphatic carbocycles. The van der Waals surface area contributed by atoms with Crippen molar-refractivity contribution < 1.29 is 13.9 Å². The Hall–Kier alpha value is -3.05. The van der Waals surface area contributed by atoms with Crippen LogP contribution in [0.15, 0.2) is 39.7 Å². The minimum atomic E-state index is -0.648. The van der Waals surface area contributed by atoms with Crippen LogP contribution in [0.1, 0.15) is 35.3 Å². The van der Waals surface area contributed by atoms with E-state index < -0.39 is 17.0 Å². The highest BCUT2D eigenvalue weighted by molar-refractivity contribution is 7.14. The molecule has 0 saturated heterocycles. The average Bonchev–Trinajstić information content (AvgIpc) is 3.24. The first-order valence-corrected chi connectivity index (χ1v) is 11.1. The van der Waals surface area contributed by atoms with Gasteiger partial charge in [-0.2, -0.15) is 0 Å². The maximum atomic E-state index is 13.2. The van der Waals surface area contributed by atoms with Crippen molar-refractivity contribution in [2.75, 3.05) is 20.3 Å². The van der Waals surface area contributed by atoms with Crippen LogP contribution in [0.25, 0.3) is 10.6 Å². The summed E-state index contributed by atoms with van der Waals surface area (Å²) in [5.41, 5.74) is 0.109. The number of nitrogens with zero attached hydrogens (tertiary/aromatic N) is 5. The SMILES string of the molecule is CCN1C(=O)c2c(N=O)c(=O)c(-c3nnc(CC4=CC=C(F)CC4)s3)cn2C[C@@H]1COC. The van der Waals surface area contributed by atoms with Gasteiger partial charge in [-0.3, -0.25) is 9.59 Å². The molecule has 1 aliphatic heterocycles. The Morgan fingerprint density at radius 2 is 2.09 bits per heavy atom. The fourth-order valence-corrected chi connectivity index (χ4v) is 4.95. The summed E-state index contributed by atoms with van der Waals surface area (Å²) < 4.78 is 20.0. The lowest BCUT2D eigenvalue weighted by atomic mass is 10.0. The van der Waals surface area contributed by atoms with E-state index in [2.05, 4.69) is 15.4 Å². The van der Waals surface area contributed by atoms with E-state index in [1.165, 1.54) is 17.4 Å². The number of hydrogen-bond acceptors (Lipinski definition) is 8. The molecule has 1 atom stereocenters. The quantitative estimate of drug-likeness (QED) is 0.588. The maximum absolute atomic E-state index is 13.2. The predicted molar refractivity (Wildman–Crippen MR) is 118 cm³/mol. The second kappa shape index (κ2) is 9.21. The molecule has 0 unspecified atom stereocenters. The van der Waals surface area contributed by atoms with Gasteiger partial charge in [-0.05, 0) is 24.6 Å². The van der Waals surface area contributed by atoms with E-state index in [0.29, 0.717) is 49.0 Å². The molecule has 9 nitrogen and oxygen atoms in total. The van der Waals surface area contributed by atoms with E-state index in [4.69, 9.17) is 4.74 Å². The molecule has 2 aromatic rings. The van der Waals surface area contributed by atoms with Gasteiger partial charge in [0.2, 0.25) is 5.43 Å².